The molecule has 0 unspecified atom stereocenters. The van der Waals surface area contributed by atoms with Crippen LogP contribution in [0.25, 0.3) is 5.76 Å². The Morgan fingerprint density at radius 3 is 2.37 bits per heavy atom. The van der Waals surface area contributed by atoms with Crippen LogP contribution in [0.15, 0.2) is 60.2 Å². The van der Waals surface area contributed by atoms with Crippen molar-refractivity contribution in [1.29, 1.82) is 0 Å². The Hall–Kier alpha value is -3.45. The standard InChI is InChI=1S/C23H20N2O4S/c1-13-14(2)30-23(24-13)25-19(16-11-7-8-12-17(16)29-3)18(21(27)22(25)28)20(26)15-9-5-4-6-10-15/h4-12,19,26H,1-3H3/b20-18+/t19-/m1/s1. The van der Waals surface area contributed by atoms with Gasteiger partial charge in [-0.25, -0.2) is 4.98 Å². The van der Waals surface area contributed by atoms with Crippen molar-refractivity contribution in [2.45, 2.75) is 19.9 Å². The molecule has 1 aliphatic rings. The SMILES string of the molecule is COc1ccccc1[C@@H]1/C(=C(\O)c2ccccc2)C(=O)C(=O)N1c1nc(C)c(C)s1. The maximum Gasteiger partial charge on any atom is 0.301 e. The van der Waals surface area contributed by atoms with Gasteiger partial charge in [0.15, 0.2) is 5.13 Å². The molecule has 1 saturated heterocycles. The Bertz CT molecular complexity index is 1150. The van der Waals surface area contributed by atoms with Crippen LogP contribution in [0.4, 0.5) is 5.13 Å². The normalized spacial score (nSPS) is 18.1. The molecular formula is C23H20N2O4S. The minimum atomic E-state index is -0.855. The first-order valence-corrected chi connectivity index (χ1v) is 10.2. The summed E-state index contributed by atoms with van der Waals surface area (Å²) in [5.41, 5.74) is 1.86. The van der Waals surface area contributed by atoms with Crippen LogP contribution in [0.2, 0.25) is 0 Å². The molecule has 0 radical (unpaired) electrons. The molecule has 1 amide bonds. The maximum absolute atomic E-state index is 13.1. The largest absolute Gasteiger partial charge is 0.507 e. The average molecular weight is 420 g/mol. The van der Waals surface area contributed by atoms with Crippen LogP contribution >= 0.6 is 11.3 Å². The summed E-state index contributed by atoms with van der Waals surface area (Å²) in [5, 5.41) is 11.5. The number of amides is 1. The molecule has 7 heteroatoms. The second kappa shape index (κ2) is 7.76. The summed E-state index contributed by atoms with van der Waals surface area (Å²) in [6.45, 7) is 3.77. The molecule has 1 aliphatic heterocycles. The lowest BCUT2D eigenvalue weighted by Gasteiger charge is -2.24. The first kappa shape index (κ1) is 19.8. The van der Waals surface area contributed by atoms with Crippen LogP contribution in [0.3, 0.4) is 0 Å². The van der Waals surface area contributed by atoms with Crippen molar-refractivity contribution < 1.29 is 19.4 Å². The summed E-state index contributed by atoms with van der Waals surface area (Å²) in [5.74, 6) is -1.19. The molecule has 2 aromatic carbocycles. The fourth-order valence-corrected chi connectivity index (χ4v) is 4.46. The fourth-order valence-electron chi connectivity index (χ4n) is 3.53. The van der Waals surface area contributed by atoms with Crippen molar-refractivity contribution in [2.24, 2.45) is 0 Å². The molecule has 2 heterocycles. The number of hydrogen-bond donors (Lipinski definition) is 1. The molecule has 1 aromatic heterocycles. The third kappa shape index (κ3) is 3.17. The summed E-state index contributed by atoms with van der Waals surface area (Å²) >= 11 is 1.34. The lowest BCUT2D eigenvalue weighted by Crippen LogP contribution is -2.29. The Morgan fingerprint density at radius 1 is 1.07 bits per heavy atom. The average Bonchev–Trinajstić information content (AvgIpc) is 3.23. The highest BCUT2D eigenvalue weighted by Gasteiger charge is 2.49. The third-order valence-electron chi connectivity index (χ3n) is 5.15. The highest BCUT2D eigenvalue weighted by atomic mass is 32.1. The fraction of sp³-hybridized carbons (Fsp3) is 0.174. The number of hydrogen-bond acceptors (Lipinski definition) is 6. The number of carbonyl (C=O) groups excluding carboxylic acids is 2. The summed E-state index contributed by atoms with van der Waals surface area (Å²) in [6, 6.07) is 15.0. The number of carbonyl (C=O) groups is 2. The summed E-state index contributed by atoms with van der Waals surface area (Å²) in [4.78, 5) is 33.0. The number of rotatable bonds is 4. The van der Waals surface area contributed by atoms with Gasteiger partial charge in [-0.1, -0.05) is 48.5 Å². The number of benzene rings is 2. The van der Waals surface area contributed by atoms with Gasteiger partial charge >= 0.3 is 5.91 Å². The van der Waals surface area contributed by atoms with E-state index in [2.05, 4.69) is 4.98 Å². The van der Waals surface area contributed by atoms with E-state index < -0.39 is 17.7 Å². The monoisotopic (exact) mass is 420 g/mol. The molecule has 152 valence electrons. The van der Waals surface area contributed by atoms with Crippen molar-refractivity contribution in [2.75, 3.05) is 12.0 Å². The van der Waals surface area contributed by atoms with E-state index in [-0.39, 0.29) is 11.3 Å². The van der Waals surface area contributed by atoms with Gasteiger partial charge in [-0.05, 0) is 19.9 Å². The Morgan fingerprint density at radius 2 is 1.73 bits per heavy atom. The van der Waals surface area contributed by atoms with E-state index in [0.717, 1.165) is 10.6 Å². The number of aromatic nitrogens is 1. The second-order valence-electron chi connectivity index (χ2n) is 6.92. The Kier molecular flexibility index (Phi) is 5.13. The highest BCUT2D eigenvalue weighted by Crippen LogP contribution is 2.45. The van der Waals surface area contributed by atoms with Crippen LogP contribution in [0.5, 0.6) is 5.75 Å². The summed E-state index contributed by atoms with van der Waals surface area (Å²) in [6.07, 6.45) is 0. The molecule has 0 saturated carbocycles. The molecule has 1 N–H and O–H groups in total. The molecule has 1 atom stereocenters. The van der Waals surface area contributed by atoms with Gasteiger partial charge in [0.25, 0.3) is 5.78 Å². The lowest BCUT2D eigenvalue weighted by atomic mass is 9.95. The molecule has 30 heavy (non-hydrogen) atoms. The van der Waals surface area contributed by atoms with Gasteiger partial charge in [-0.2, -0.15) is 0 Å². The second-order valence-corrected chi connectivity index (χ2v) is 8.10. The first-order chi connectivity index (χ1) is 14.4. The number of methoxy groups -OCH3 is 1. The minimum Gasteiger partial charge on any atom is -0.507 e. The van der Waals surface area contributed by atoms with Crippen molar-refractivity contribution in [1.82, 2.24) is 4.98 Å². The van der Waals surface area contributed by atoms with Gasteiger partial charge in [0.1, 0.15) is 17.6 Å². The van der Waals surface area contributed by atoms with Crippen LogP contribution in [0, 0.1) is 13.8 Å². The Balaban J connectivity index is 1.99. The molecule has 3 aromatic rings. The number of ether oxygens (including phenoxy) is 1. The zero-order valence-corrected chi connectivity index (χ0v) is 17.6. The number of Topliss-reactive ketones (excluding diaryl/α,β-unsaturated/α-hetero) is 1. The van der Waals surface area contributed by atoms with Crippen molar-refractivity contribution in [3.05, 3.63) is 81.9 Å². The third-order valence-corrected chi connectivity index (χ3v) is 6.22. The quantitative estimate of drug-likeness (QED) is 0.385. The molecule has 0 bridgehead atoms. The van der Waals surface area contributed by atoms with Crippen LogP contribution < -0.4 is 9.64 Å². The Labute approximate surface area is 178 Å². The number of ketones is 1. The number of para-hydroxylation sites is 1. The van der Waals surface area contributed by atoms with Gasteiger partial charge in [0.05, 0.1) is 18.4 Å². The molecule has 6 nitrogen and oxygen atoms in total. The van der Waals surface area contributed by atoms with E-state index in [4.69, 9.17) is 4.74 Å². The van der Waals surface area contributed by atoms with E-state index in [0.29, 0.717) is 22.0 Å². The van der Waals surface area contributed by atoms with Crippen LogP contribution in [0.1, 0.15) is 27.7 Å². The number of anilines is 1. The van der Waals surface area contributed by atoms with Crippen molar-refractivity contribution >= 4 is 33.9 Å². The highest BCUT2D eigenvalue weighted by molar-refractivity contribution is 7.16. The molecule has 1 fully saturated rings. The molecule has 0 spiro atoms. The van der Waals surface area contributed by atoms with Gasteiger partial charge in [0.2, 0.25) is 0 Å². The van der Waals surface area contributed by atoms with Gasteiger partial charge in [-0.15, -0.1) is 11.3 Å². The van der Waals surface area contributed by atoms with Crippen molar-refractivity contribution in [3.8, 4) is 5.75 Å². The number of thiazole rings is 1. The molecule has 0 aliphatic carbocycles. The topological polar surface area (TPSA) is 79.7 Å². The number of aliphatic hydroxyl groups is 1. The smallest absolute Gasteiger partial charge is 0.301 e. The first-order valence-electron chi connectivity index (χ1n) is 9.37. The maximum atomic E-state index is 13.1. The predicted octanol–water partition coefficient (Wildman–Crippen LogP) is 4.39. The number of nitrogens with zero attached hydrogens (tertiary/aromatic N) is 2. The zero-order chi connectivity index (χ0) is 21.4. The number of aryl methyl sites for hydroxylation is 2. The van der Waals surface area contributed by atoms with Gasteiger partial charge < -0.3 is 9.84 Å². The number of aliphatic hydroxyl groups excluding tert-OH is 1. The van der Waals surface area contributed by atoms with E-state index >= 15 is 0 Å². The minimum absolute atomic E-state index is 0.0150. The molecule has 4 rings (SSSR count). The molecular weight excluding hydrogens is 400 g/mol. The van der Waals surface area contributed by atoms with E-state index in [9.17, 15) is 14.7 Å². The summed E-state index contributed by atoms with van der Waals surface area (Å²) < 4.78 is 5.50. The lowest BCUT2D eigenvalue weighted by molar-refractivity contribution is -0.132. The van der Waals surface area contributed by atoms with Crippen molar-refractivity contribution in [3.63, 3.8) is 0 Å². The predicted molar refractivity (Wildman–Crippen MR) is 116 cm³/mol. The van der Waals surface area contributed by atoms with Crippen LogP contribution in [-0.4, -0.2) is 28.9 Å². The van der Waals surface area contributed by atoms with Gasteiger partial charge in [-0.3, -0.25) is 14.5 Å². The van der Waals surface area contributed by atoms with E-state index in [1.165, 1.54) is 23.3 Å². The zero-order valence-electron chi connectivity index (χ0n) is 16.7. The van der Waals surface area contributed by atoms with E-state index in [1.54, 1.807) is 42.5 Å². The van der Waals surface area contributed by atoms with Gasteiger partial charge in [0, 0.05) is 16.0 Å². The van der Waals surface area contributed by atoms with E-state index in [1.807, 2.05) is 26.0 Å². The van der Waals surface area contributed by atoms with Crippen LogP contribution in [-0.2, 0) is 9.59 Å². The summed E-state index contributed by atoms with van der Waals surface area (Å²) in [7, 11) is 1.53.